The van der Waals surface area contributed by atoms with E-state index in [1.165, 1.54) is 12.1 Å². The van der Waals surface area contributed by atoms with Crippen LogP contribution in [0.25, 0.3) is 11.3 Å². The second-order valence-corrected chi connectivity index (χ2v) is 3.66. The maximum absolute atomic E-state index is 13.1. The van der Waals surface area contributed by atoms with E-state index >= 15 is 0 Å². The molecule has 18 heavy (non-hydrogen) atoms. The number of aromatic nitrogens is 1. The van der Waals surface area contributed by atoms with E-state index in [1.54, 1.807) is 0 Å². The summed E-state index contributed by atoms with van der Waals surface area (Å²) < 4.78 is 26.1. The Labute approximate surface area is 101 Å². The molecule has 0 bridgehead atoms. The minimum Gasteiger partial charge on any atom is -0.397 e. The summed E-state index contributed by atoms with van der Waals surface area (Å²) in [6, 6.07) is 5.82. The summed E-state index contributed by atoms with van der Waals surface area (Å²) in [4.78, 5) is 15.0. The molecule has 1 aromatic carbocycles. The van der Waals surface area contributed by atoms with Gasteiger partial charge in [-0.3, -0.25) is 4.79 Å². The summed E-state index contributed by atoms with van der Waals surface area (Å²) in [7, 11) is 0. The maximum atomic E-state index is 13.1. The van der Waals surface area contributed by atoms with Crippen LogP contribution in [0.1, 0.15) is 10.5 Å². The molecular formula is C12H9F2N3O. The SMILES string of the molecule is NC(=O)c1nc(-c2cc(F)cc(F)c2)ccc1N. The number of carbonyl (C=O) groups excluding carboxylic acids is 1. The molecule has 0 aliphatic heterocycles. The van der Waals surface area contributed by atoms with E-state index in [4.69, 9.17) is 11.5 Å². The fourth-order valence-corrected chi connectivity index (χ4v) is 1.53. The predicted octanol–water partition coefficient (Wildman–Crippen LogP) is 1.71. The van der Waals surface area contributed by atoms with E-state index in [1.807, 2.05) is 0 Å². The number of rotatable bonds is 2. The lowest BCUT2D eigenvalue weighted by Gasteiger charge is -2.05. The number of carbonyl (C=O) groups is 1. The van der Waals surface area contributed by atoms with Crippen molar-refractivity contribution in [2.24, 2.45) is 5.73 Å². The lowest BCUT2D eigenvalue weighted by Crippen LogP contribution is -2.15. The highest BCUT2D eigenvalue weighted by atomic mass is 19.1. The standard InChI is InChI=1S/C12H9F2N3O/c13-7-3-6(4-8(14)5-7)10-2-1-9(15)11(17-10)12(16)18/h1-5H,15H2,(H2,16,18). The van der Waals surface area contributed by atoms with Gasteiger partial charge in [-0.25, -0.2) is 13.8 Å². The minimum absolute atomic E-state index is 0.114. The Morgan fingerprint density at radius 1 is 1.11 bits per heavy atom. The average molecular weight is 249 g/mol. The second kappa shape index (κ2) is 4.40. The Morgan fingerprint density at radius 3 is 2.28 bits per heavy atom. The van der Waals surface area contributed by atoms with E-state index in [2.05, 4.69) is 4.98 Å². The summed E-state index contributed by atoms with van der Waals surface area (Å²) in [5, 5.41) is 0. The van der Waals surface area contributed by atoms with Gasteiger partial charge in [0.15, 0.2) is 5.69 Å². The van der Waals surface area contributed by atoms with Crippen LogP contribution in [0.3, 0.4) is 0 Å². The van der Waals surface area contributed by atoms with Crippen molar-refractivity contribution in [2.75, 3.05) is 5.73 Å². The molecule has 4 N–H and O–H groups in total. The van der Waals surface area contributed by atoms with Crippen molar-refractivity contribution >= 4 is 11.6 Å². The van der Waals surface area contributed by atoms with Crippen LogP contribution < -0.4 is 11.5 Å². The summed E-state index contributed by atoms with van der Waals surface area (Å²) in [5.41, 5.74) is 11.0. The van der Waals surface area contributed by atoms with Crippen LogP contribution in [-0.4, -0.2) is 10.9 Å². The van der Waals surface area contributed by atoms with Gasteiger partial charge in [-0.15, -0.1) is 0 Å². The molecule has 1 amide bonds. The molecule has 92 valence electrons. The van der Waals surface area contributed by atoms with Gasteiger partial charge >= 0.3 is 0 Å². The Kier molecular flexibility index (Phi) is 2.93. The molecule has 0 saturated carbocycles. The number of amides is 1. The Morgan fingerprint density at radius 2 is 1.72 bits per heavy atom. The number of nitrogens with two attached hydrogens (primary N) is 2. The zero-order chi connectivity index (χ0) is 13.3. The number of nitrogen functional groups attached to an aromatic ring is 1. The first-order valence-corrected chi connectivity index (χ1v) is 5.00. The summed E-state index contributed by atoms with van der Waals surface area (Å²) in [6.45, 7) is 0. The summed E-state index contributed by atoms with van der Waals surface area (Å²) in [5.74, 6) is -2.26. The molecule has 2 aromatic rings. The van der Waals surface area contributed by atoms with E-state index in [0.29, 0.717) is 0 Å². The molecule has 2 rings (SSSR count). The zero-order valence-corrected chi connectivity index (χ0v) is 9.15. The summed E-state index contributed by atoms with van der Waals surface area (Å²) >= 11 is 0. The first-order chi connectivity index (χ1) is 8.47. The predicted molar refractivity (Wildman–Crippen MR) is 62.5 cm³/mol. The molecular weight excluding hydrogens is 240 g/mol. The molecule has 0 atom stereocenters. The van der Waals surface area contributed by atoms with Crippen molar-refractivity contribution in [1.29, 1.82) is 0 Å². The topological polar surface area (TPSA) is 82.0 Å². The molecule has 0 spiro atoms. The van der Waals surface area contributed by atoms with Crippen LogP contribution in [0.5, 0.6) is 0 Å². The van der Waals surface area contributed by atoms with Gasteiger partial charge in [0, 0.05) is 11.6 Å². The van der Waals surface area contributed by atoms with Gasteiger partial charge in [-0.1, -0.05) is 0 Å². The maximum Gasteiger partial charge on any atom is 0.269 e. The highest BCUT2D eigenvalue weighted by Crippen LogP contribution is 2.22. The second-order valence-electron chi connectivity index (χ2n) is 3.66. The van der Waals surface area contributed by atoms with Gasteiger partial charge in [0.25, 0.3) is 5.91 Å². The summed E-state index contributed by atoms with van der Waals surface area (Å²) in [6.07, 6.45) is 0. The van der Waals surface area contributed by atoms with Crippen LogP contribution >= 0.6 is 0 Å². The van der Waals surface area contributed by atoms with E-state index < -0.39 is 17.5 Å². The van der Waals surface area contributed by atoms with Gasteiger partial charge in [0.05, 0.1) is 11.4 Å². The van der Waals surface area contributed by atoms with Crippen molar-refractivity contribution in [3.8, 4) is 11.3 Å². The van der Waals surface area contributed by atoms with Crippen molar-refractivity contribution in [1.82, 2.24) is 4.98 Å². The van der Waals surface area contributed by atoms with Gasteiger partial charge < -0.3 is 11.5 Å². The Bertz CT molecular complexity index is 608. The van der Waals surface area contributed by atoms with Gasteiger partial charge in [-0.2, -0.15) is 0 Å². The first-order valence-electron chi connectivity index (χ1n) is 5.00. The smallest absolute Gasteiger partial charge is 0.269 e. The molecule has 0 aliphatic carbocycles. The number of primary amides is 1. The molecule has 0 fully saturated rings. The number of hydrogen-bond acceptors (Lipinski definition) is 3. The molecule has 1 aromatic heterocycles. The van der Waals surface area contributed by atoms with E-state index in [-0.39, 0.29) is 22.6 Å². The van der Waals surface area contributed by atoms with Crippen LogP contribution in [0.15, 0.2) is 30.3 Å². The van der Waals surface area contributed by atoms with E-state index in [9.17, 15) is 13.6 Å². The lowest BCUT2D eigenvalue weighted by molar-refractivity contribution is 0.0996. The number of nitrogens with zero attached hydrogens (tertiary/aromatic N) is 1. The van der Waals surface area contributed by atoms with Crippen LogP contribution in [0.4, 0.5) is 14.5 Å². The molecule has 0 aliphatic rings. The largest absolute Gasteiger partial charge is 0.397 e. The monoisotopic (exact) mass is 249 g/mol. The zero-order valence-electron chi connectivity index (χ0n) is 9.15. The molecule has 1 heterocycles. The van der Waals surface area contributed by atoms with Crippen molar-refractivity contribution in [3.63, 3.8) is 0 Å². The average Bonchev–Trinajstić information content (AvgIpc) is 2.27. The quantitative estimate of drug-likeness (QED) is 0.849. The Balaban J connectivity index is 2.57. The molecule has 0 radical (unpaired) electrons. The van der Waals surface area contributed by atoms with Crippen molar-refractivity contribution in [3.05, 3.63) is 47.7 Å². The lowest BCUT2D eigenvalue weighted by atomic mass is 10.1. The van der Waals surface area contributed by atoms with Crippen LogP contribution in [0.2, 0.25) is 0 Å². The Hall–Kier alpha value is -2.50. The number of benzene rings is 1. The number of hydrogen-bond donors (Lipinski definition) is 2. The van der Waals surface area contributed by atoms with Gasteiger partial charge in [0.1, 0.15) is 11.6 Å². The molecule has 0 unspecified atom stereocenters. The fraction of sp³-hybridized carbons (Fsp3) is 0. The third kappa shape index (κ3) is 2.27. The van der Waals surface area contributed by atoms with Crippen LogP contribution in [-0.2, 0) is 0 Å². The third-order valence-electron chi connectivity index (χ3n) is 2.32. The molecule has 6 heteroatoms. The number of anilines is 1. The molecule has 4 nitrogen and oxygen atoms in total. The number of halogens is 2. The fourth-order valence-electron chi connectivity index (χ4n) is 1.53. The molecule has 0 saturated heterocycles. The highest BCUT2D eigenvalue weighted by molar-refractivity contribution is 5.96. The van der Waals surface area contributed by atoms with E-state index in [0.717, 1.165) is 18.2 Å². The first kappa shape index (κ1) is 12.0. The van der Waals surface area contributed by atoms with Crippen LogP contribution in [0, 0.1) is 11.6 Å². The highest BCUT2D eigenvalue weighted by Gasteiger charge is 2.11. The van der Waals surface area contributed by atoms with Gasteiger partial charge in [-0.05, 0) is 24.3 Å². The third-order valence-corrected chi connectivity index (χ3v) is 2.32. The van der Waals surface area contributed by atoms with Crippen molar-refractivity contribution < 1.29 is 13.6 Å². The van der Waals surface area contributed by atoms with Crippen molar-refractivity contribution in [2.45, 2.75) is 0 Å². The normalized spacial score (nSPS) is 10.3. The minimum atomic E-state index is -0.800. The number of pyridine rings is 1. The van der Waals surface area contributed by atoms with Gasteiger partial charge in [0.2, 0.25) is 0 Å².